The van der Waals surface area contributed by atoms with E-state index in [0.717, 1.165) is 49.9 Å². The number of nitrogens with zero attached hydrogens (tertiary/aromatic N) is 3. The fourth-order valence-electron chi connectivity index (χ4n) is 2.99. The smallest absolute Gasteiger partial charge is 0.414 e. The van der Waals surface area contributed by atoms with Gasteiger partial charge in [-0.25, -0.2) is 9.59 Å². The van der Waals surface area contributed by atoms with Crippen molar-refractivity contribution in [3.8, 4) is 5.75 Å². The van der Waals surface area contributed by atoms with Crippen molar-refractivity contribution in [3.05, 3.63) is 41.3 Å². The van der Waals surface area contributed by atoms with Crippen molar-refractivity contribution in [2.24, 2.45) is 0 Å². The normalized spacial score (nSPS) is 14.2. The first kappa shape index (κ1) is 21.2. The van der Waals surface area contributed by atoms with Gasteiger partial charge in [0.05, 0.1) is 18.5 Å². The van der Waals surface area contributed by atoms with E-state index >= 15 is 0 Å². The topological polar surface area (TPSA) is 116 Å². The minimum absolute atomic E-state index is 0.918. The number of rotatable bonds is 4. The first-order valence-electron chi connectivity index (χ1n) is 8.81. The summed E-state index contributed by atoms with van der Waals surface area (Å²) in [6, 6.07) is 8.22. The maximum absolute atomic E-state index is 9.10. The fraction of sp³-hybridized carbons (Fsp3) is 0.421. The summed E-state index contributed by atoms with van der Waals surface area (Å²) in [5.74, 6) is -1.77. The number of carboxylic acids is 2. The quantitative estimate of drug-likeness (QED) is 0.752. The first-order valence-corrected chi connectivity index (χ1v) is 8.81. The summed E-state index contributed by atoms with van der Waals surface area (Å²) in [6.07, 6.45) is 0. The average molecular weight is 391 g/mol. The molecule has 0 amide bonds. The second-order valence-electron chi connectivity index (χ2n) is 6.35. The number of methoxy groups -OCH3 is 1. The number of carbonyl (C=O) groups is 2. The Hall–Kier alpha value is -3.07. The van der Waals surface area contributed by atoms with E-state index in [2.05, 4.69) is 27.1 Å². The standard InChI is InChI=1S/C17H23N3O2.C2H2O4/c1-13-15(14(2)22-18-13)12-19-8-10-20(11-9-19)16-6-4-5-7-17(16)21-3;3-1(4)2(5)6/h4-7H,8-12H2,1-3H3;(H,3,4)(H,5,6). The molecule has 9 heteroatoms. The number of aryl methyl sites for hydroxylation is 2. The Morgan fingerprint density at radius 1 is 1.11 bits per heavy atom. The number of benzene rings is 1. The number of hydrogen-bond acceptors (Lipinski definition) is 7. The monoisotopic (exact) mass is 391 g/mol. The van der Waals surface area contributed by atoms with Gasteiger partial charge in [0.1, 0.15) is 11.5 Å². The molecule has 0 radical (unpaired) electrons. The highest BCUT2D eigenvalue weighted by Crippen LogP contribution is 2.28. The van der Waals surface area contributed by atoms with Crippen molar-refractivity contribution >= 4 is 17.6 Å². The van der Waals surface area contributed by atoms with E-state index in [1.165, 1.54) is 11.3 Å². The number of carboxylic acid groups (broad SMARTS) is 2. The van der Waals surface area contributed by atoms with Gasteiger partial charge in [0.25, 0.3) is 0 Å². The van der Waals surface area contributed by atoms with Gasteiger partial charge in [-0.3, -0.25) is 4.90 Å². The van der Waals surface area contributed by atoms with Crippen LogP contribution in [0.5, 0.6) is 5.75 Å². The minimum Gasteiger partial charge on any atom is -0.495 e. The Morgan fingerprint density at radius 3 is 2.21 bits per heavy atom. The predicted molar refractivity (Wildman–Crippen MR) is 102 cm³/mol. The zero-order valence-corrected chi connectivity index (χ0v) is 16.2. The Labute approximate surface area is 163 Å². The van der Waals surface area contributed by atoms with Crippen molar-refractivity contribution in [1.82, 2.24) is 10.1 Å². The van der Waals surface area contributed by atoms with Crippen molar-refractivity contribution < 1.29 is 29.1 Å². The Bertz CT molecular complexity index is 780. The molecule has 1 aliphatic rings. The zero-order chi connectivity index (χ0) is 20.7. The van der Waals surface area contributed by atoms with Crippen LogP contribution in [0, 0.1) is 13.8 Å². The molecule has 2 aromatic rings. The lowest BCUT2D eigenvalue weighted by Gasteiger charge is -2.36. The van der Waals surface area contributed by atoms with Crippen molar-refractivity contribution in [2.45, 2.75) is 20.4 Å². The molecule has 0 unspecified atom stereocenters. The highest BCUT2D eigenvalue weighted by Gasteiger charge is 2.21. The number of para-hydroxylation sites is 2. The van der Waals surface area contributed by atoms with Crippen LogP contribution in [-0.2, 0) is 16.1 Å². The third-order valence-electron chi connectivity index (χ3n) is 4.54. The number of aliphatic carboxylic acids is 2. The molecular weight excluding hydrogens is 366 g/mol. The van der Waals surface area contributed by atoms with E-state index in [0.29, 0.717) is 0 Å². The molecule has 9 nitrogen and oxygen atoms in total. The lowest BCUT2D eigenvalue weighted by Crippen LogP contribution is -2.46. The summed E-state index contributed by atoms with van der Waals surface area (Å²) < 4.78 is 10.7. The van der Waals surface area contributed by atoms with E-state index in [9.17, 15) is 0 Å². The van der Waals surface area contributed by atoms with E-state index in [-0.39, 0.29) is 0 Å². The van der Waals surface area contributed by atoms with Crippen molar-refractivity contribution in [3.63, 3.8) is 0 Å². The number of piperazine rings is 1. The fourth-order valence-corrected chi connectivity index (χ4v) is 2.99. The van der Waals surface area contributed by atoms with Crippen LogP contribution >= 0.6 is 0 Å². The predicted octanol–water partition coefficient (Wildman–Crippen LogP) is 1.78. The molecule has 0 atom stereocenters. The highest BCUT2D eigenvalue weighted by atomic mass is 16.5. The van der Waals surface area contributed by atoms with Gasteiger partial charge in [-0.1, -0.05) is 17.3 Å². The molecule has 1 fully saturated rings. The summed E-state index contributed by atoms with van der Waals surface area (Å²) in [5.41, 5.74) is 3.41. The lowest BCUT2D eigenvalue weighted by molar-refractivity contribution is -0.159. The van der Waals surface area contributed by atoms with Crippen LogP contribution in [0.15, 0.2) is 28.8 Å². The van der Waals surface area contributed by atoms with Gasteiger partial charge >= 0.3 is 11.9 Å². The molecule has 28 heavy (non-hydrogen) atoms. The minimum atomic E-state index is -1.82. The molecule has 0 saturated carbocycles. The average Bonchev–Trinajstić information content (AvgIpc) is 3.01. The number of aromatic nitrogens is 1. The third-order valence-corrected chi connectivity index (χ3v) is 4.54. The number of ether oxygens (including phenoxy) is 1. The van der Waals surface area contributed by atoms with Gasteiger partial charge in [-0.05, 0) is 26.0 Å². The molecule has 152 valence electrons. The molecule has 0 aliphatic carbocycles. The summed E-state index contributed by atoms with van der Waals surface area (Å²) in [6.45, 7) is 8.98. The van der Waals surface area contributed by atoms with Crippen LogP contribution in [0.25, 0.3) is 0 Å². The Morgan fingerprint density at radius 2 is 1.71 bits per heavy atom. The Kier molecular flexibility index (Phi) is 7.39. The second kappa shape index (κ2) is 9.75. The Balaban J connectivity index is 0.000000409. The second-order valence-corrected chi connectivity index (χ2v) is 6.35. The van der Waals surface area contributed by atoms with E-state index in [1.54, 1.807) is 7.11 Å². The van der Waals surface area contributed by atoms with Crippen molar-refractivity contribution in [1.29, 1.82) is 0 Å². The highest BCUT2D eigenvalue weighted by molar-refractivity contribution is 6.27. The lowest BCUT2D eigenvalue weighted by atomic mass is 10.1. The maximum Gasteiger partial charge on any atom is 0.414 e. The SMILES string of the molecule is COc1ccccc1N1CCN(Cc2c(C)noc2C)CC1.O=C(O)C(=O)O. The molecule has 2 N–H and O–H groups in total. The van der Waals surface area contributed by atoms with E-state index < -0.39 is 11.9 Å². The van der Waals surface area contributed by atoms with Crippen LogP contribution in [0.3, 0.4) is 0 Å². The van der Waals surface area contributed by atoms with Crippen LogP contribution in [0.2, 0.25) is 0 Å². The molecule has 3 rings (SSSR count). The molecule has 1 saturated heterocycles. The van der Waals surface area contributed by atoms with Gasteiger partial charge in [0, 0.05) is 38.3 Å². The molecule has 0 bridgehead atoms. The third kappa shape index (κ3) is 5.46. The number of anilines is 1. The molecular formula is C19H25N3O6. The van der Waals surface area contributed by atoms with Crippen LogP contribution in [0.1, 0.15) is 17.0 Å². The van der Waals surface area contributed by atoms with Gasteiger partial charge in [-0.2, -0.15) is 0 Å². The van der Waals surface area contributed by atoms with Crippen molar-refractivity contribution in [2.75, 3.05) is 38.2 Å². The van der Waals surface area contributed by atoms with E-state index in [1.807, 2.05) is 26.0 Å². The van der Waals surface area contributed by atoms with Gasteiger partial charge in [0.15, 0.2) is 0 Å². The summed E-state index contributed by atoms with van der Waals surface area (Å²) in [4.78, 5) is 23.0. The van der Waals surface area contributed by atoms with Crippen LogP contribution < -0.4 is 9.64 Å². The molecule has 2 heterocycles. The first-order chi connectivity index (χ1) is 13.3. The summed E-state index contributed by atoms with van der Waals surface area (Å²) >= 11 is 0. The number of hydrogen-bond donors (Lipinski definition) is 2. The van der Waals surface area contributed by atoms with Gasteiger partial charge in [-0.15, -0.1) is 0 Å². The summed E-state index contributed by atoms with van der Waals surface area (Å²) in [7, 11) is 1.73. The molecule has 0 spiro atoms. The summed E-state index contributed by atoms with van der Waals surface area (Å²) in [5, 5.41) is 18.8. The molecule has 1 aliphatic heterocycles. The molecule has 1 aromatic heterocycles. The molecule has 1 aromatic carbocycles. The largest absolute Gasteiger partial charge is 0.495 e. The van der Waals surface area contributed by atoms with Crippen LogP contribution in [-0.4, -0.2) is 65.5 Å². The maximum atomic E-state index is 9.10. The van der Waals surface area contributed by atoms with Crippen LogP contribution in [0.4, 0.5) is 5.69 Å². The van der Waals surface area contributed by atoms with Gasteiger partial charge in [0.2, 0.25) is 0 Å². The zero-order valence-electron chi connectivity index (χ0n) is 16.2. The van der Waals surface area contributed by atoms with E-state index in [4.69, 9.17) is 29.1 Å². The van der Waals surface area contributed by atoms with Gasteiger partial charge < -0.3 is 24.4 Å².